The molecule has 112 valence electrons. The summed E-state index contributed by atoms with van der Waals surface area (Å²) in [7, 11) is 0. The predicted molar refractivity (Wildman–Crippen MR) is 84.8 cm³/mol. The van der Waals surface area contributed by atoms with Gasteiger partial charge in [0.1, 0.15) is 0 Å². The Morgan fingerprint density at radius 1 is 0.792 bits per heavy atom. The lowest BCUT2D eigenvalue weighted by atomic mass is 9.61. The Morgan fingerprint density at radius 2 is 1.42 bits per heavy atom. The molecule has 0 bridgehead atoms. The van der Waals surface area contributed by atoms with Gasteiger partial charge < -0.3 is 0 Å². The Bertz CT molecular complexity index is 915. The Morgan fingerprint density at radius 3 is 2.00 bits per heavy atom. The molecule has 0 spiro atoms. The van der Waals surface area contributed by atoms with E-state index in [1.54, 1.807) is 0 Å². The van der Waals surface area contributed by atoms with Crippen LogP contribution in [-0.2, 0) is 0 Å². The van der Waals surface area contributed by atoms with Gasteiger partial charge in [-0.1, -0.05) is 48.6 Å². The minimum absolute atomic E-state index is 0.0693. The van der Waals surface area contributed by atoms with E-state index in [9.17, 15) is 21.0 Å². The molecule has 4 atom stereocenters. The molecule has 1 saturated carbocycles. The molecule has 4 nitrogen and oxygen atoms in total. The highest BCUT2D eigenvalue weighted by Gasteiger charge is 2.75. The minimum atomic E-state index is -1.66. The van der Waals surface area contributed by atoms with Crippen LogP contribution in [0.1, 0.15) is 5.56 Å². The normalized spacial score (nSPS) is 32.8. The average Bonchev–Trinajstić information content (AvgIpc) is 3.27. The Hall–Kier alpha value is -3.34. The van der Waals surface area contributed by atoms with Crippen LogP contribution in [0.3, 0.4) is 0 Å². The molecule has 0 saturated heterocycles. The molecule has 24 heavy (non-hydrogen) atoms. The standard InChI is InChI=1S/C20H12N4/c21-9-19(10-22)16-7-6-14-8-15(13-4-2-1-3-5-13)18(17(14)16)20(19,11-23)12-24/h1-8,14,16-18H/t14-,16+,17-,18-/m1/s1. The van der Waals surface area contributed by atoms with Crippen LogP contribution >= 0.6 is 0 Å². The molecule has 4 rings (SSSR count). The highest BCUT2D eigenvalue weighted by Crippen LogP contribution is 2.71. The summed E-state index contributed by atoms with van der Waals surface area (Å²) in [6, 6.07) is 17.9. The van der Waals surface area contributed by atoms with Gasteiger partial charge in [0.2, 0.25) is 0 Å². The van der Waals surface area contributed by atoms with Crippen molar-refractivity contribution < 1.29 is 0 Å². The van der Waals surface area contributed by atoms with Gasteiger partial charge in [-0.25, -0.2) is 0 Å². The van der Waals surface area contributed by atoms with E-state index in [2.05, 4.69) is 30.4 Å². The summed E-state index contributed by atoms with van der Waals surface area (Å²) < 4.78 is 0. The largest absolute Gasteiger partial charge is 0.196 e. The first-order valence-electron chi connectivity index (χ1n) is 7.79. The molecule has 4 heteroatoms. The molecule has 0 heterocycles. The zero-order valence-electron chi connectivity index (χ0n) is 12.7. The van der Waals surface area contributed by atoms with Crippen molar-refractivity contribution in [3.63, 3.8) is 0 Å². The molecular formula is C20H12N4. The van der Waals surface area contributed by atoms with Crippen molar-refractivity contribution in [3.05, 3.63) is 54.1 Å². The van der Waals surface area contributed by atoms with Crippen LogP contribution in [0.5, 0.6) is 0 Å². The second kappa shape index (κ2) is 4.58. The summed E-state index contributed by atoms with van der Waals surface area (Å²) in [4.78, 5) is 0. The van der Waals surface area contributed by atoms with E-state index in [0.717, 1.165) is 11.1 Å². The third kappa shape index (κ3) is 1.31. The second-order valence-electron chi connectivity index (χ2n) is 6.59. The maximum absolute atomic E-state index is 9.93. The van der Waals surface area contributed by atoms with Gasteiger partial charge in [0.25, 0.3) is 0 Å². The van der Waals surface area contributed by atoms with Crippen molar-refractivity contribution in [1.29, 1.82) is 21.0 Å². The zero-order valence-corrected chi connectivity index (χ0v) is 12.7. The van der Waals surface area contributed by atoms with Crippen LogP contribution in [0, 0.1) is 79.8 Å². The van der Waals surface area contributed by atoms with Crippen molar-refractivity contribution in [2.45, 2.75) is 0 Å². The molecule has 0 unspecified atom stereocenters. The molecule has 0 aromatic heterocycles. The zero-order chi connectivity index (χ0) is 16.9. The van der Waals surface area contributed by atoms with Crippen molar-refractivity contribution >= 4 is 5.57 Å². The summed E-state index contributed by atoms with van der Waals surface area (Å²) in [5.74, 6) is -0.822. The number of hydrogen-bond donors (Lipinski definition) is 0. The second-order valence-corrected chi connectivity index (χ2v) is 6.59. The molecule has 0 N–H and O–H groups in total. The number of rotatable bonds is 1. The predicted octanol–water partition coefficient (Wildman–Crippen LogP) is 3.20. The molecule has 1 fully saturated rings. The van der Waals surface area contributed by atoms with Gasteiger partial charge in [0, 0.05) is 11.8 Å². The van der Waals surface area contributed by atoms with Gasteiger partial charge in [0.05, 0.1) is 24.3 Å². The number of nitrogens with zero attached hydrogens (tertiary/aromatic N) is 4. The summed E-state index contributed by atoms with van der Waals surface area (Å²) in [6.45, 7) is 0. The lowest BCUT2D eigenvalue weighted by Gasteiger charge is -2.30. The maximum atomic E-state index is 9.93. The van der Waals surface area contributed by atoms with E-state index >= 15 is 0 Å². The van der Waals surface area contributed by atoms with Gasteiger partial charge >= 0.3 is 0 Å². The molecule has 3 aliphatic rings. The van der Waals surface area contributed by atoms with Crippen LogP contribution < -0.4 is 0 Å². The number of allylic oxidation sites excluding steroid dienone is 4. The fraction of sp³-hybridized carbons (Fsp3) is 0.300. The molecule has 0 radical (unpaired) electrons. The van der Waals surface area contributed by atoms with E-state index in [-0.39, 0.29) is 17.8 Å². The van der Waals surface area contributed by atoms with Crippen molar-refractivity contribution in [3.8, 4) is 24.3 Å². The van der Waals surface area contributed by atoms with Gasteiger partial charge in [-0.15, -0.1) is 0 Å². The Balaban J connectivity index is 2.01. The molecule has 1 aromatic carbocycles. The highest BCUT2D eigenvalue weighted by atomic mass is 14.7. The maximum Gasteiger partial charge on any atom is 0.183 e. The molecule has 0 amide bonds. The third-order valence-corrected chi connectivity index (χ3v) is 5.89. The number of hydrogen-bond acceptors (Lipinski definition) is 4. The topological polar surface area (TPSA) is 95.2 Å². The average molecular weight is 308 g/mol. The van der Waals surface area contributed by atoms with Crippen LogP contribution in [0.4, 0.5) is 0 Å². The van der Waals surface area contributed by atoms with E-state index in [1.807, 2.05) is 42.5 Å². The first kappa shape index (κ1) is 14.3. The smallest absolute Gasteiger partial charge is 0.183 e. The van der Waals surface area contributed by atoms with Gasteiger partial charge in [-0.2, -0.15) is 21.0 Å². The molecular weight excluding hydrogens is 296 g/mol. The van der Waals surface area contributed by atoms with Crippen molar-refractivity contribution in [2.24, 2.45) is 34.5 Å². The lowest BCUT2D eigenvalue weighted by molar-refractivity contribution is 0.294. The SMILES string of the molecule is N#CC1(C#N)[C@@H]2C(c3ccccc3)=C[C@H]3C=C[C@@H]([C@@H]32)C1(C#N)C#N. The fourth-order valence-electron chi connectivity index (χ4n) is 4.92. The summed E-state index contributed by atoms with van der Waals surface area (Å²) in [5, 5.41) is 39.5. The van der Waals surface area contributed by atoms with E-state index in [4.69, 9.17) is 0 Å². The fourth-order valence-corrected chi connectivity index (χ4v) is 4.92. The molecule has 1 aromatic rings. The summed E-state index contributed by atoms with van der Waals surface area (Å²) in [6.07, 6.45) is 5.98. The minimum Gasteiger partial charge on any atom is -0.196 e. The number of nitriles is 4. The number of benzene rings is 1. The molecule has 3 aliphatic carbocycles. The lowest BCUT2D eigenvalue weighted by Crippen LogP contribution is -2.40. The quantitative estimate of drug-likeness (QED) is 0.744. The van der Waals surface area contributed by atoms with Crippen LogP contribution in [0.15, 0.2) is 48.6 Å². The highest BCUT2D eigenvalue weighted by molar-refractivity contribution is 5.75. The summed E-state index contributed by atoms with van der Waals surface area (Å²) >= 11 is 0. The first-order chi connectivity index (χ1) is 11.7. The Kier molecular flexibility index (Phi) is 2.72. The van der Waals surface area contributed by atoms with Crippen molar-refractivity contribution in [2.75, 3.05) is 0 Å². The first-order valence-corrected chi connectivity index (χ1v) is 7.79. The van der Waals surface area contributed by atoms with Crippen LogP contribution in [-0.4, -0.2) is 0 Å². The van der Waals surface area contributed by atoms with Crippen molar-refractivity contribution in [1.82, 2.24) is 0 Å². The van der Waals surface area contributed by atoms with Crippen LogP contribution in [0.2, 0.25) is 0 Å². The van der Waals surface area contributed by atoms with E-state index in [1.165, 1.54) is 0 Å². The van der Waals surface area contributed by atoms with Gasteiger partial charge in [0.15, 0.2) is 10.8 Å². The Labute approximate surface area is 140 Å². The van der Waals surface area contributed by atoms with Gasteiger partial charge in [-0.05, 0) is 23.0 Å². The van der Waals surface area contributed by atoms with E-state index in [0.29, 0.717) is 0 Å². The van der Waals surface area contributed by atoms with E-state index < -0.39 is 16.7 Å². The monoisotopic (exact) mass is 308 g/mol. The van der Waals surface area contributed by atoms with Gasteiger partial charge in [-0.3, -0.25) is 0 Å². The summed E-state index contributed by atoms with van der Waals surface area (Å²) in [5.41, 5.74) is -1.43. The molecule has 0 aliphatic heterocycles. The third-order valence-electron chi connectivity index (χ3n) is 5.89. The van der Waals surface area contributed by atoms with Crippen LogP contribution in [0.25, 0.3) is 5.57 Å².